The van der Waals surface area contributed by atoms with E-state index >= 15 is 0 Å². The van der Waals surface area contributed by atoms with Gasteiger partial charge in [-0.3, -0.25) is 14.4 Å². The highest BCUT2D eigenvalue weighted by atomic mass is 79.9. The summed E-state index contributed by atoms with van der Waals surface area (Å²) < 4.78 is 18.0. The zero-order valence-electron chi connectivity index (χ0n) is 23.5. The smallest absolute Gasteiger partial charge is 0.312 e. The second-order valence-electron chi connectivity index (χ2n) is 10.8. The quantitative estimate of drug-likeness (QED) is 0.267. The van der Waals surface area contributed by atoms with Gasteiger partial charge < -0.3 is 30.4 Å². The zero-order valence-corrected chi connectivity index (χ0v) is 25.1. The van der Waals surface area contributed by atoms with Crippen LogP contribution in [0.25, 0.3) is 0 Å². The van der Waals surface area contributed by atoms with E-state index < -0.39 is 29.3 Å². The highest BCUT2D eigenvalue weighted by molar-refractivity contribution is 9.10. The van der Waals surface area contributed by atoms with Crippen molar-refractivity contribution in [3.63, 3.8) is 0 Å². The number of nitriles is 1. The number of dihydropyridines is 1. The Bertz CT molecular complexity index is 1340. The molecule has 0 bridgehead atoms. The van der Waals surface area contributed by atoms with E-state index in [4.69, 9.17) is 19.9 Å². The Labute approximate surface area is 248 Å². The van der Waals surface area contributed by atoms with Crippen LogP contribution in [-0.4, -0.2) is 48.7 Å². The number of ketones is 1. The number of primary amides is 1. The van der Waals surface area contributed by atoms with Crippen LogP contribution in [0.2, 0.25) is 0 Å². The first kappa shape index (κ1) is 30.6. The first-order valence-corrected chi connectivity index (χ1v) is 14.7. The topological polar surface area (TPSA) is 161 Å². The van der Waals surface area contributed by atoms with Gasteiger partial charge in [-0.15, -0.1) is 0 Å². The SMILES string of the molecule is CCCC1CC(=O)C2=C(C1)NC(C)=C(C#N)C2c1cc(Br)c(OCCOC(C(N)=O)C2(C(=O)O)CC2)c(OCC)c1. The van der Waals surface area contributed by atoms with Gasteiger partial charge in [-0.1, -0.05) is 13.3 Å². The molecule has 3 aliphatic rings. The number of carbonyl (C=O) groups excluding carboxylic acids is 2. The van der Waals surface area contributed by atoms with Crippen LogP contribution in [0.4, 0.5) is 0 Å². The van der Waals surface area contributed by atoms with E-state index in [9.17, 15) is 24.8 Å². The number of halogens is 1. The Morgan fingerprint density at radius 1 is 1.24 bits per heavy atom. The van der Waals surface area contributed by atoms with Crippen molar-refractivity contribution in [2.24, 2.45) is 17.1 Å². The number of aliphatic carboxylic acids is 1. The van der Waals surface area contributed by atoms with Crippen LogP contribution >= 0.6 is 15.9 Å². The van der Waals surface area contributed by atoms with Gasteiger partial charge in [0.15, 0.2) is 23.4 Å². The molecular weight excluding hydrogens is 594 g/mol. The fourth-order valence-electron chi connectivity index (χ4n) is 5.92. The Morgan fingerprint density at radius 3 is 2.56 bits per heavy atom. The van der Waals surface area contributed by atoms with Crippen LogP contribution < -0.4 is 20.5 Å². The average molecular weight is 631 g/mol. The molecule has 10 nitrogen and oxygen atoms in total. The number of nitrogens with one attached hydrogen (secondary N) is 1. The van der Waals surface area contributed by atoms with Gasteiger partial charge in [0.2, 0.25) is 5.91 Å². The number of hydrogen-bond donors (Lipinski definition) is 3. The molecule has 220 valence electrons. The van der Waals surface area contributed by atoms with Gasteiger partial charge in [-0.05, 0) is 79.1 Å². The van der Waals surface area contributed by atoms with Gasteiger partial charge in [0.1, 0.15) is 12.0 Å². The number of ether oxygens (including phenoxy) is 3. The fraction of sp³-hybridized carbons (Fsp3) is 0.533. The molecule has 3 unspecified atom stereocenters. The molecule has 0 aromatic heterocycles. The third-order valence-corrected chi connectivity index (χ3v) is 8.57. The summed E-state index contributed by atoms with van der Waals surface area (Å²) in [5, 5.41) is 22.9. The van der Waals surface area contributed by atoms with Crippen molar-refractivity contribution < 1.29 is 33.7 Å². The number of carboxylic acid groups (broad SMARTS) is 1. The number of nitrogens with two attached hydrogens (primary N) is 1. The lowest BCUT2D eigenvalue weighted by molar-refractivity contribution is -0.156. The van der Waals surface area contributed by atoms with Gasteiger partial charge in [0.25, 0.3) is 0 Å². The van der Waals surface area contributed by atoms with E-state index in [1.54, 1.807) is 6.07 Å². The second-order valence-corrected chi connectivity index (χ2v) is 11.7. The summed E-state index contributed by atoms with van der Waals surface area (Å²) in [6, 6.07) is 5.92. The predicted molar refractivity (Wildman–Crippen MR) is 153 cm³/mol. The van der Waals surface area contributed by atoms with Crippen LogP contribution in [0.15, 0.2) is 39.1 Å². The number of nitrogens with zero attached hydrogens (tertiary/aromatic N) is 1. The maximum atomic E-state index is 13.4. The molecule has 1 aromatic carbocycles. The summed E-state index contributed by atoms with van der Waals surface area (Å²) >= 11 is 3.58. The van der Waals surface area contributed by atoms with Crippen molar-refractivity contribution >= 4 is 33.6 Å². The van der Waals surface area contributed by atoms with E-state index in [0.717, 1.165) is 36.2 Å². The van der Waals surface area contributed by atoms with Gasteiger partial charge in [-0.2, -0.15) is 5.26 Å². The van der Waals surface area contributed by atoms with Gasteiger partial charge in [0.05, 0.1) is 35.2 Å². The molecule has 0 spiro atoms. The Hall–Kier alpha value is -3.36. The van der Waals surface area contributed by atoms with Crippen LogP contribution in [0.1, 0.15) is 70.8 Å². The molecule has 4 rings (SSSR count). The average Bonchev–Trinajstić information content (AvgIpc) is 3.71. The number of rotatable bonds is 13. The summed E-state index contributed by atoms with van der Waals surface area (Å²) in [5.74, 6) is -1.34. The van der Waals surface area contributed by atoms with Crippen molar-refractivity contribution in [3.8, 4) is 17.6 Å². The van der Waals surface area contributed by atoms with Gasteiger partial charge in [0, 0.05) is 23.4 Å². The Balaban J connectivity index is 1.59. The summed E-state index contributed by atoms with van der Waals surface area (Å²) in [5.41, 5.74) is 7.59. The molecule has 1 amide bonds. The van der Waals surface area contributed by atoms with Crippen LogP contribution in [-0.2, 0) is 19.1 Å². The van der Waals surface area contributed by atoms with Crippen molar-refractivity contribution in [3.05, 3.63) is 44.7 Å². The maximum Gasteiger partial charge on any atom is 0.312 e. The molecule has 2 aliphatic carbocycles. The molecule has 0 radical (unpaired) electrons. The van der Waals surface area contributed by atoms with E-state index in [-0.39, 0.29) is 24.9 Å². The standard InChI is InChI=1S/C30H36BrN3O7/c1-4-6-17-11-21-25(22(35)12-17)24(19(15-32)16(3)34-21)18-13-20(31)26(23(14-18)39-5-2)40-9-10-41-27(28(33)36)30(7-8-30)29(37)38/h13-14,17,24,27,34H,4-12H2,1-3H3,(H2,33,36)(H,37,38). The fourth-order valence-corrected chi connectivity index (χ4v) is 6.49. The highest BCUT2D eigenvalue weighted by Gasteiger charge is 2.59. The van der Waals surface area contributed by atoms with Crippen molar-refractivity contribution in [1.29, 1.82) is 5.26 Å². The molecule has 1 fully saturated rings. The first-order valence-electron chi connectivity index (χ1n) is 13.9. The van der Waals surface area contributed by atoms with Crippen LogP contribution in [0.5, 0.6) is 11.5 Å². The first-order chi connectivity index (χ1) is 19.6. The summed E-state index contributed by atoms with van der Waals surface area (Å²) in [4.78, 5) is 37.0. The monoisotopic (exact) mass is 629 g/mol. The molecule has 1 aromatic rings. The van der Waals surface area contributed by atoms with Crippen LogP contribution in [0, 0.1) is 22.7 Å². The summed E-state index contributed by atoms with van der Waals surface area (Å²) in [6.07, 6.45) is 2.60. The largest absolute Gasteiger partial charge is 0.490 e. The second kappa shape index (κ2) is 12.7. The number of carbonyl (C=O) groups is 3. The third-order valence-electron chi connectivity index (χ3n) is 7.98. The minimum absolute atomic E-state index is 0.0000904. The molecule has 11 heteroatoms. The summed E-state index contributed by atoms with van der Waals surface area (Å²) in [7, 11) is 0. The number of hydrogen-bond acceptors (Lipinski definition) is 8. The van der Waals surface area contributed by atoms with E-state index in [2.05, 4.69) is 34.2 Å². The van der Waals surface area contributed by atoms with Gasteiger partial charge >= 0.3 is 5.97 Å². The number of allylic oxidation sites excluding steroid dienone is 4. The van der Waals surface area contributed by atoms with E-state index in [1.807, 2.05) is 19.9 Å². The molecule has 3 atom stereocenters. The third kappa shape index (κ3) is 6.14. The lowest BCUT2D eigenvalue weighted by Crippen LogP contribution is -2.43. The molecule has 0 saturated heterocycles. The van der Waals surface area contributed by atoms with Crippen LogP contribution in [0.3, 0.4) is 0 Å². The van der Waals surface area contributed by atoms with Crippen molar-refractivity contribution in [2.75, 3.05) is 19.8 Å². The number of Topliss-reactive ketones (excluding diaryl/α,β-unsaturated/α-hetero) is 1. The van der Waals surface area contributed by atoms with Crippen molar-refractivity contribution in [1.82, 2.24) is 5.32 Å². The molecule has 1 heterocycles. The van der Waals surface area contributed by atoms with Crippen molar-refractivity contribution in [2.45, 2.75) is 71.3 Å². The lowest BCUT2D eigenvalue weighted by Gasteiger charge is -2.35. The summed E-state index contributed by atoms with van der Waals surface area (Å²) in [6.45, 7) is 6.07. The highest BCUT2D eigenvalue weighted by Crippen LogP contribution is 2.50. The minimum atomic E-state index is -1.27. The zero-order chi connectivity index (χ0) is 29.9. The van der Waals surface area contributed by atoms with E-state index in [0.29, 0.717) is 53.0 Å². The van der Waals surface area contributed by atoms with Gasteiger partial charge in [-0.25, -0.2) is 0 Å². The predicted octanol–water partition coefficient (Wildman–Crippen LogP) is 4.48. The molecular formula is C30H36BrN3O7. The molecule has 1 saturated carbocycles. The number of amides is 1. The molecule has 41 heavy (non-hydrogen) atoms. The molecule has 4 N–H and O–H groups in total. The molecule has 1 aliphatic heterocycles. The Kier molecular flexibility index (Phi) is 9.44. The maximum absolute atomic E-state index is 13.4. The Morgan fingerprint density at radius 2 is 1.98 bits per heavy atom. The lowest BCUT2D eigenvalue weighted by atomic mass is 9.72. The van der Waals surface area contributed by atoms with E-state index in [1.165, 1.54) is 0 Å². The normalized spacial score (nSPS) is 21.9. The number of carboxylic acids is 1. The number of benzene rings is 1. The minimum Gasteiger partial charge on any atom is -0.490 e.